The molecule has 3 fully saturated rings. The van der Waals surface area contributed by atoms with Crippen LogP contribution in [0.4, 0.5) is 19.0 Å². The number of rotatable bonds is 3. The van der Waals surface area contributed by atoms with Gasteiger partial charge in [-0.3, -0.25) is 14.9 Å². The van der Waals surface area contributed by atoms with Crippen molar-refractivity contribution in [1.29, 1.82) is 0 Å². The van der Waals surface area contributed by atoms with Crippen molar-refractivity contribution in [2.24, 2.45) is 0 Å². The molecule has 6 bridgehead atoms. The summed E-state index contributed by atoms with van der Waals surface area (Å²) >= 11 is 0. The first-order valence-electron chi connectivity index (χ1n) is 15.6. The number of hydrogen-bond donors (Lipinski definition) is 1. The van der Waals surface area contributed by atoms with Crippen molar-refractivity contribution in [1.82, 2.24) is 24.8 Å². The Balaban J connectivity index is 1.31. The van der Waals surface area contributed by atoms with E-state index in [9.17, 15) is 9.50 Å². The monoisotopic (exact) mass is 622 g/mol. The van der Waals surface area contributed by atoms with Crippen LogP contribution in [-0.2, 0) is 4.74 Å². The first-order chi connectivity index (χ1) is 21.9. The van der Waals surface area contributed by atoms with Crippen molar-refractivity contribution in [3.63, 3.8) is 0 Å². The minimum absolute atomic E-state index is 0.0133. The van der Waals surface area contributed by atoms with Gasteiger partial charge < -0.3 is 24.2 Å². The number of halogens is 3. The molecule has 5 aliphatic rings. The molecule has 4 aromatic rings. The highest BCUT2D eigenvalue weighted by Gasteiger charge is 2.49. The Bertz CT molecular complexity index is 1800. The molecule has 10 nitrogen and oxygen atoms in total. The van der Waals surface area contributed by atoms with E-state index < -0.39 is 23.3 Å². The molecule has 3 atom stereocenters. The van der Waals surface area contributed by atoms with E-state index >= 15 is 8.78 Å². The van der Waals surface area contributed by atoms with Gasteiger partial charge in [0.2, 0.25) is 0 Å². The molecule has 0 amide bonds. The molecule has 45 heavy (non-hydrogen) atoms. The Kier molecular flexibility index (Phi) is 7.05. The zero-order valence-electron chi connectivity index (χ0n) is 24.6. The molecule has 0 radical (unpaired) electrons. The third-order valence-corrected chi connectivity index (χ3v) is 9.60. The van der Waals surface area contributed by atoms with Crippen LogP contribution in [0.25, 0.3) is 33.1 Å². The Morgan fingerprint density at radius 2 is 1.96 bits per heavy atom. The molecular weight excluding hydrogens is 589 g/mol. The highest BCUT2D eigenvalue weighted by atomic mass is 19.1. The number of pyridine rings is 2. The maximum Gasteiger partial charge on any atom is 0.319 e. The van der Waals surface area contributed by atoms with Crippen LogP contribution in [0, 0.1) is 11.6 Å². The van der Waals surface area contributed by atoms with Gasteiger partial charge in [0, 0.05) is 43.9 Å². The van der Waals surface area contributed by atoms with Gasteiger partial charge in [-0.05, 0) is 44.7 Å². The molecule has 5 aliphatic heterocycles. The normalized spacial score (nSPS) is 25.3. The van der Waals surface area contributed by atoms with Gasteiger partial charge in [-0.15, -0.1) is 0 Å². The van der Waals surface area contributed by atoms with E-state index in [2.05, 4.69) is 19.9 Å². The summed E-state index contributed by atoms with van der Waals surface area (Å²) in [4.78, 5) is 22.1. The molecule has 236 valence electrons. The number of fused-ring (bicyclic) bond motifs is 5. The summed E-state index contributed by atoms with van der Waals surface area (Å²) in [6.45, 7) is 2.77. The average Bonchev–Trinajstić information content (AvgIpc) is 3.44. The predicted molar refractivity (Wildman–Crippen MR) is 159 cm³/mol. The minimum atomic E-state index is -0.921. The molecule has 1 aromatic carbocycles. The number of ether oxygens (including phenoxy) is 3. The van der Waals surface area contributed by atoms with Crippen LogP contribution in [0.3, 0.4) is 0 Å². The number of anilines is 1. The standard InChI is InChI=1S/C32H33F3N6O4/c33-18-12-32(5-3-7-41(32)15-18)17-45-31-38-28-22-13-37-27(26(28)35)21-10-19(42)11-24-25(21)29(23(34)14-36-24)44-9-8-43-20-4-1-2-6-40(16-20)30(22)39-31/h10-11,13-14,18,20,42H,1-9,12,15-17H2/t18-,20-,32+/m1/s1. The summed E-state index contributed by atoms with van der Waals surface area (Å²) in [6.07, 6.45) is 6.14. The zero-order chi connectivity index (χ0) is 30.7. The molecule has 13 heteroatoms. The Hall–Kier alpha value is -3.97. The van der Waals surface area contributed by atoms with E-state index in [1.807, 2.05) is 4.90 Å². The molecule has 0 spiro atoms. The van der Waals surface area contributed by atoms with Gasteiger partial charge >= 0.3 is 6.01 Å². The number of phenols is 1. The van der Waals surface area contributed by atoms with Crippen molar-refractivity contribution in [2.75, 3.05) is 50.9 Å². The summed E-state index contributed by atoms with van der Waals surface area (Å²) < 4.78 is 64.8. The van der Waals surface area contributed by atoms with Crippen LogP contribution in [0.1, 0.15) is 38.5 Å². The highest BCUT2D eigenvalue weighted by Crippen LogP contribution is 2.43. The summed E-state index contributed by atoms with van der Waals surface area (Å²) in [6, 6.07) is 2.65. The third kappa shape index (κ3) is 4.96. The number of aromatic hydroxyl groups is 1. The molecule has 0 saturated carbocycles. The number of phenolic OH excluding ortho intramolecular Hbond substituents is 1. The van der Waals surface area contributed by atoms with Gasteiger partial charge in [0.15, 0.2) is 17.4 Å². The van der Waals surface area contributed by atoms with E-state index in [0.29, 0.717) is 37.3 Å². The number of aromatic nitrogens is 4. The van der Waals surface area contributed by atoms with E-state index in [4.69, 9.17) is 19.2 Å². The summed E-state index contributed by atoms with van der Waals surface area (Å²) in [5.41, 5.74) is -0.323. The van der Waals surface area contributed by atoms with Gasteiger partial charge in [-0.1, -0.05) is 0 Å². The van der Waals surface area contributed by atoms with Gasteiger partial charge in [0.1, 0.15) is 42.2 Å². The fraction of sp³-hybridized carbons (Fsp3) is 0.500. The first-order valence-corrected chi connectivity index (χ1v) is 15.6. The lowest BCUT2D eigenvalue weighted by Gasteiger charge is -2.31. The summed E-state index contributed by atoms with van der Waals surface area (Å²) in [5, 5.41) is 11.1. The fourth-order valence-electron chi connectivity index (χ4n) is 7.54. The molecule has 3 aromatic heterocycles. The number of hydrogen-bond acceptors (Lipinski definition) is 10. The predicted octanol–water partition coefficient (Wildman–Crippen LogP) is 4.95. The van der Waals surface area contributed by atoms with Crippen LogP contribution in [0.15, 0.2) is 24.5 Å². The zero-order valence-corrected chi connectivity index (χ0v) is 24.6. The van der Waals surface area contributed by atoms with Crippen LogP contribution in [0.2, 0.25) is 0 Å². The van der Waals surface area contributed by atoms with Gasteiger partial charge in [-0.2, -0.15) is 9.97 Å². The molecule has 8 heterocycles. The largest absolute Gasteiger partial charge is 0.508 e. The Morgan fingerprint density at radius 3 is 2.87 bits per heavy atom. The van der Waals surface area contributed by atoms with Gasteiger partial charge in [0.05, 0.1) is 40.7 Å². The molecular formula is C32H33F3N6O4. The molecule has 1 N–H and O–H groups in total. The molecule has 9 rings (SSSR count). The number of nitrogens with zero attached hydrogens (tertiary/aromatic N) is 6. The van der Waals surface area contributed by atoms with Crippen molar-refractivity contribution in [3.8, 4) is 28.8 Å². The lowest BCUT2D eigenvalue weighted by atomic mass is 9.95. The van der Waals surface area contributed by atoms with Crippen LogP contribution >= 0.6 is 0 Å². The van der Waals surface area contributed by atoms with Crippen molar-refractivity contribution in [3.05, 3.63) is 36.2 Å². The Labute approximate surface area is 257 Å². The minimum Gasteiger partial charge on any atom is -0.508 e. The quantitative estimate of drug-likeness (QED) is 0.338. The summed E-state index contributed by atoms with van der Waals surface area (Å²) in [5.74, 6) is -1.38. The van der Waals surface area contributed by atoms with E-state index in [1.54, 1.807) is 0 Å². The van der Waals surface area contributed by atoms with Crippen LogP contribution in [0.5, 0.6) is 17.5 Å². The average molecular weight is 623 g/mol. The van der Waals surface area contributed by atoms with Crippen molar-refractivity contribution in [2.45, 2.75) is 56.3 Å². The lowest BCUT2D eigenvalue weighted by molar-refractivity contribution is 0.0344. The topological polar surface area (TPSA) is 106 Å². The fourth-order valence-corrected chi connectivity index (χ4v) is 7.54. The van der Waals surface area contributed by atoms with Gasteiger partial charge in [-0.25, -0.2) is 13.2 Å². The summed E-state index contributed by atoms with van der Waals surface area (Å²) in [7, 11) is 0. The van der Waals surface area contributed by atoms with Crippen LogP contribution < -0.4 is 14.4 Å². The van der Waals surface area contributed by atoms with E-state index in [-0.39, 0.29) is 71.1 Å². The van der Waals surface area contributed by atoms with E-state index in [1.165, 1.54) is 18.3 Å². The van der Waals surface area contributed by atoms with E-state index in [0.717, 1.165) is 44.8 Å². The first kappa shape index (κ1) is 28.5. The Morgan fingerprint density at radius 1 is 1.04 bits per heavy atom. The molecule has 0 unspecified atom stereocenters. The SMILES string of the molecule is Oc1cc2c3c(c(F)cnc3c1)OCCO[C@@H]1CCCCN(C1)c1nc(OC[C@@]34CCCN3C[C@H](F)C4)nc3c(F)c-2ncc13. The van der Waals surface area contributed by atoms with Crippen molar-refractivity contribution >= 4 is 27.6 Å². The third-order valence-electron chi connectivity index (χ3n) is 9.60. The maximum atomic E-state index is 16.8. The second-order valence-electron chi connectivity index (χ2n) is 12.5. The lowest BCUT2D eigenvalue weighted by Crippen LogP contribution is -2.43. The van der Waals surface area contributed by atoms with Crippen LogP contribution in [-0.4, -0.2) is 93.8 Å². The molecule has 3 saturated heterocycles. The van der Waals surface area contributed by atoms with Gasteiger partial charge in [0.25, 0.3) is 0 Å². The second-order valence-corrected chi connectivity index (χ2v) is 12.5. The number of benzene rings is 1. The second kappa shape index (κ2) is 11.1. The smallest absolute Gasteiger partial charge is 0.319 e. The number of alkyl halides is 1. The highest BCUT2D eigenvalue weighted by molar-refractivity contribution is 6.01. The maximum absolute atomic E-state index is 16.8. The van der Waals surface area contributed by atoms with Crippen molar-refractivity contribution < 1.29 is 32.5 Å². The molecule has 0 aliphatic carbocycles.